The Morgan fingerprint density at radius 3 is 2.95 bits per heavy atom. The lowest BCUT2D eigenvalue weighted by molar-refractivity contribution is 0.0798. The van der Waals surface area contributed by atoms with E-state index >= 15 is 0 Å². The molecule has 4 heteroatoms. The molecule has 1 fully saturated rings. The van der Waals surface area contributed by atoms with Crippen LogP contribution in [0, 0.1) is 0 Å². The third kappa shape index (κ3) is 4.47. The highest BCUT2D eigenvalue weighted by molar-refractivity contribution is 5.35. The van der Waals surface area contributed by atoms with Crippen molar-refractivity contribution in [3.8, 4) is 5.75 Å². The second-order valence-corrected chi connectivity index (χ2v) is 5.11. The summed E-state index contributed by atoms with van der Waals surface area (Å²) in [6, 6.07) is 7.65. The van der Waals surface area contributed by atoms with Crippen molar-refractivity contribution in [3.63, 3.8) is 0 Å². The summed E-state index contributed by atoms with van der Waals surface area (Å²) in [6.07, 6.45) is 3.66. The van der Waals surface area contributed by atoms with Crippen LogP contribution in [0.2, 0.25) is 0 Å². The van der Waals surface area contributed by atoms with Gasteiger partial charge in [-0.1, -0.05) is 18.2 Å². The highest BCUT2D eigenvalue weighted by Gasteiger charge is 2.19. The average molecular weight is 280 g/mol. The van der Waals surface area contributed by atoms with Crippen LogP contribution in [-0.2, 0) is 9.47 Å². The van der Waals surface area contributed by atoms with Crippen molar-refractivity contribution >= 4 is 0 Å². The standard InChI is InChI=1S/C16H24O4/c1-18-11-12-20-16-7-3-2-6-14(16)15(17)9-8-13-5-4-10-19-13/h2-3,6-7,13,15,17H,4-5,8-12H2,1H3. The summed E-state index contributed by atoms with van der Waals surface area (Å²) in [5.41, 5.74) is 0.849. The molecule has 0 aliphatic carbocycles. The van der Waals surface area contributed by atoms with Gasteiger partial charge in [0.15, 0.2) is 0 Å². The fourth-order valence-electron chi connectivity index (χ4n) is 2.49. The number of aliphatic hydroxyl groups excluding tert-OH is 1. The van der Waals surface area contributed by atoms with Gasteiger partial charge in [-0.05, 0) is 31.7 Å². The van der Waals surface area contributed by atoms with Crippen LogP contribution in [-0.4, -0.2) is 38.1 Å². The van der Waals surface area contributed by atoms with Crippen LogP contribution in [0.15, 0.2) is 24.3 Å². The number of aliphatic hydroxyl groups is 1. The quantitative estimate of drug-likeness (QED) is 0.744. The van der Waals surface area contributed by atoms with Gasteiger partial charge in [-0.3, -0.25) is 0 Å². The van der Waals surface area contributed by atoms with Gasteiger partial charge in [-0.25, -0.2) is 0 Å². The van der Waals surface area contributed by atoms with E-state index in [1.54, 1.807) is 7.11 Å². The molecule has 4 nitrogen and oxygen atoms in total. The Kier molecular flexibility index (Phi) is 6.30. The summed E-state index contributed by atoms with van der Waals surface area (Å²) in [5.74, 6) is 0.740. The molecule has 0 saturated carbocycles. The maximum absolute atomic E-state index is 10.4. The summed E-state index contributed by atoms with van der Waals surface area (Å²) in [4.78, 5) is 0. The summed E-state index contributed by atoms with van der Waals surface area (Å²) < 4.78 is 16.2. The molecule has 0 radical (unpaired) electrons. The highest BCUT2D eigenvalue weighted by Crippen LogP contribution is 2.29. The Balaban J connectivity index is 1.88. The third-order valence-electron chi connectivity index (χ3n) is 3.61. The van der Waals surface area contributed by atoms with Crippen LogP contribution in [0.25, 0.3) is 0 Å². The van der Waals surface area contributed by atoms with E-state index in [1.165, 1.54) is 0 Å². The Hall–Kier alpha value is -1.10. The molecule has 2 unspecified atom stereocenters. The van der Waals surface area contributed by atoms with Crippen LogP contribution in [0.1, 0.15) is 37.4 Å². The van der Waals surface area contributed by atoms with Crippen LogP contribution in [0.3, 0.4) is 0 Å². The summed E-state index contributed by atoms with van der Waals surface area (Å²) in [5, 5.41) is 10.4. The van der Waals surface area contributed by atoms with Gasteiger partial charge in [0.05, 0.1) is 18.8 Å². The molecular weight excluding hydrogens is 256 g/mol. The van der Waals surface area contributed by atoms with Gasteiger partial charge in [-0.2, -0.15) is 0 Å². The van der Waals surface area contributed by atoms with Crippen LogP contribution < -0.4 is 4.74 Å². The number of hydrogen-bond acceptors (Lipinski definition) is 4. The van der Waals surface area contributed by atoms with Crippen molar-refractivity contribution in [2.75, 3.05) is 26.9 Å². The van der Waals surface area contributed by atoms with E-state index in [-0.39, 0.29) is 0 Å². The fraction of sp³-hybridized carbons (Fsp3) is 0.625. The molecule has 1 N–H and O–H groups in total. The number of rotatable bonds is 8. The predicted octanol–water partition coefficient (Wildman–Crippen LogP) is 2.70. The van der Waals surface area contributed by atoms with E-state index in [1.807, 2.05) is 24.3 Å². The third-order valence-corrected chi connectivity index (χ3v) is 3.61. The lowest BCUT2D eigenvalue weighted by atomic mass is 10.0. The molecule has 112 valence electrons. The average Bonchev–Trinajstić information content (AvgIpc) is 2.99. The van der Waals surface area contributed by atoms with Crippen LogP contribution >= 0.6 is 0 Å². The number of hydrogen-bond donors (Lipinski definition) is 1. The molecule has 1 aliphatic heterocycles. The molecule has 20 heavy (non-hydrogen) atoms. The van der Waals surface area contributed by atoms with E-state index in [0.29, 0.717) is 25.7 Å². The Morgan fingerprint density at radius 2 is 2.20 bits per heavy atom. The number of ether oxygens (including phenoxy) is 3. The van der Waals surface area contributed by atoms with E-state index in [9.17, 15) is 5.11 Å². The zero-order valence-electron chi connectivity index (χ0n) is 12.1. The largest absolute Gasteiger partial charge is 0.491 e. The minimum absolute atomic E-state index is 0.311. The first kappa shape index (κ1) is 15.3. The summed E-state index contributed by atoms with van der Waals surface area (Å²) in [7, 11) is 1.64. The first-order valence-electron chi connectivity index (χ1n) is 7.31. The molecule has 1 aromatic rings. The lowest BCUT2D eigenvalue weighted by Gasteiger charge is -2.17. The normalized spacial score (nSPS) is 20.0. The Bertz CT molecular complexity index is 388. The van der Waals surface area contributed by atoms with Crippen molar-refractivity contribution < 1.29 is 19.3 Å². The monoisotopic (exact) mass is 280 g/mol. The van der Waals surface area contributed by atoms with Crippen molar-refractivity contribution in [2.45, 2.75) is 37.9 Å². The first-order valence-corrected chi connectivity index (χ1v) is 7.31. The minimum atomic E-state index is -0.502. The van der Waals surface area contributed by atoms with Crippen LogP contribution in [0.5, 0.6) is 5.75 Å². The molecular formula is C16H24O4. The second kappa shape index (κ2) is 8.25. The molecule has 0 amide bonds. The van der Waals surface area contributed by atoms with Crippen molar-refractivity contribution in [1.82, 2.24) is 0 Å². The molecule has 1 aliphatic rings. The van der Waals surface area contributed by atoms with E-state index in [4.69, 9.17) is 14.2 Å². The topological polar surface area (TPSA) is 47.9 Å². The summed E-state index contributed by atoms with van der Waals surface area (Å²) >= 11 is 0. The molecule has 1 heterocycles. The zero-order chi connectivity index (χ0) is 14.2. The van der Waals surface area contributed by atoms with Gasteiger partial charge in [0, 0.05) is 19.3 Å². The minimum Gasteiger partial charge on any atom is -0.491 e. The zero-order valence-corrected chi connectivity index (χ0v) is 12.1. The van der Waals surface area contributed by atoms with Gasteiger partial charge < -0.3 is 19.3 Å². The molecule has 0 aromatic heterocycles. The maximum atomic E-state index is 10.4. The summed E-state index contributed by atoms with van der Waals surface area (Å²) in [6.45, 7) is 1.89. The molecule has 2 atom stereocenters. The predicted molar refractivity (Wildman–Crippen MR) is 77.0 cm³/mol. The number of methoxy groups -OCH3 is 1. The smallest absolute Gasteiger partial charge is 0.125 e. The van der Waals surface area contributed by atoms with Gasteiger partial charge in [0.2, 0.25) is 0 Å². The van der Waals surface area contributed by atoms with Crippen molar-refractivity contribution in [1.29, 1.82) is 0 Å². The van der Waals surface area contributed by atoms with Crippen molar-refractivity contribution in [2.24, 2.45) is 0 Å². The van der Waals surface area contributed by atoms with Crippen LogP contribution in [0.4, 0.5) is 0 Å². The molecule has 1 aromatic carbocycles. The molecule has 0 bridgehead atoms. The molecule has 0 spiro atoms. The van der Waals surface area contributed by atoms with Gasteiger partial charge >= 0.3 is 0 Å². The van der Waals surface area contributed by atoms with Gasteiger partial charge in [0.25, 0.3) is 0 Å². The van der Waals surface area contributed by atoms with Gasteiger partial charge in [-0.15, -0.1) is 0 Å². The lowest BCUT2D eigenvalue weighted by Crippen LogP contribution is -2.10. The SMILES string of the molecule is COCCOc1ccccc1C(O)CCC1CCCO1. The van der Waals surface area contributed by atoms with E-state index in [2.05, 4.69) is 0 Å². The molecule has 1 saturated heterocycles. The van der Waals surface area contributed by atoms with Gasteiger partial charge in [0.1, 0.15) is 12.4 Å². The second-order valence-electron chi connectivity index (χ2n) is 5.11. The first-order chi connectivity index (χ1) is 9.81. The Labute approximate surface area is 120 Å². The maximum Gasteiger partial charge on any atom is 0.125 e. The van der Waals surface area contributed by atoms with Crippen molar-refractivity contribution in [3.05, 3.63) is 29.8 Å². The number of para-hydroxylation sites is 1. The number of benzene rings is 1. The van der Waals surface area contributed by atoms with E-state index < -0.39 is 6.10 Å². The highest BCUT2D eigenvalue weighted by atomic mass is 16.5. The van der Waals surface area contributed by atoms with E-state index in [0.717, 1.165) is 37.2 Å². The fourth-order valence-corrected chi connectivity index (χ4v) is 2.49. The Morgan fingerprint density at radius 1 is 1.35 bits per heavy atom. The molecule has 2 rings (SSSR count).